The molecular formula is C54H102FeO6. The first-order chi connectivity index (χ1) is 29.3. The van der Waals surface area contributed by atoms with E-state index in [2.05, 4.69) is 57.2 Å². The molecule has 0 atom stereocenters. The number of allylic oxidation sites excluding steroid dienone is 6. The van der Waals surface area contributed by atoms with Gasteiger partial charge in [-0.05, 0) is 96.3 Å². The Morgan fingerprint density at radius 1 is 0.262 bits per heavy atom. The van der Waals surface area contributed by atoms with Crippen LogP contribution < -0.4 is 0 Å². The molecule has 0 bridgehead atoms. The van der Waals surface area contributed by atoms with Gasteiger partial charge in [0.25, 0.3) is 0 Å². The van der Waals surface area contributed by atoms with Crippen LogP contribution in [-0.2, 0) is 31.5 Å². The van der Waals surface area contributed by atoms with Gasteiger partial charge in [0.2, 0.25) is 0 Å². The van der Waals surface area contributed by atoms with Gasteiger partial charge in [0.1, 0.15) is 0 Å². The molecule has 7 heteroatoms. The molecule has 0 amide bonds. The van der Waals surface area contributed by atoms with E-state index in [0.717, 1.165) is 38.5 Å². The van der Waals surface area contributed by atoms with Crippen LogP contribution in [0.2, 0.25) is 0 Å². The van der Waals surface area contributed by atoms with Gasteiger partial charge in [-0.2, -0.15) is 0 Å². The van der Waals surface area contributed by atoms with Crippen molar-refractivity contribution >= 4 is 17.9 Å². The minimum absolute atomic E-state index is 0. The van der Waals surface area contributed by atoms with Crippen molar-refractivity contribution in [2.24, 2.45) is 0 Å². The summed E-state index contributed by atoms with van der Waals surface area (Å²) in [5, 5.41) is 25.5. The average Bonchev–Trinajstić information content (AvgIpc) is 3.22. The molecule has 0 aliphatic carbocycles. The second kappa shape index (κ2) is 62.4. The number of unbranched alkanes of at least 4 members (excludes halogenated alkanes) is 33. The first-order valence-electron chi connectivity index (χ1n) is 25.9. The molecule has 0 aliphatic rings. The van der Waals surface area contributed by atoms with E-state index in [1.807, 2.05) is 0 Å². The zero-order valence-corrected chi connectivity index (χ0v) is 41.7. The monoisotopic (exact) mass is 903 g/mol. The van der Waals surface area contributed by atoms with Gasteiger partial charge in [-0.25, -0.2) is 0 Å². The molecule has 0 aromatic rings. The Kier molecular flexibility index (Phi) is 67.3. The molecule has 0 aromatic heterocycles. The van der Waals surface area contributed by atoms with Crippen LogP contribution in [0, 0.1) is 0 Å². The maximum atomic E-state index is 10.3. The fraction of sp³-hybridized carbons (Fsp3) is 0.833. The van der Waals surface area contributed by atoms with Crippen molar-refractivity contribution in [2.45, 2.75) is 290 Å². The van der Waals surface area contributed by atoms with Crippen LogP contribution >= 0.6 is 0 Å². The molecule has 0 saturated heterocycles. The molecule has 0 fully saturated rings. The molecule has 6 nitrogen and oxygen atoms in total. The van der Waals surface area contributed by atoms with E-state index in [0.29, 0.717) is 19.3 Å². The molecule has 3 N–H and O–H groups in total. The number of carboxylic acid groups (broad SMARTS) is 3. The van der Waals surface area contributed by atoms with Crippen molar-refractivity contribution in [1.82, 2.24) is 0 Å². The van der Waals surface area contributed by atoms with Gasteiger partial charge in [-0.3, -0.25) is 14.4 Å². The van der Waals surface area contributed by atoms with Crippen molar-refractivity contribution in [3.63, 3.8) is 0 Å². The molecule has 0 saturated carbocycles. The number of rotatable bonds is 45. The van der Waals surface area contributed by atoms with E-state index in [-0.39, 0.29) is 17.1 Å². The van der Waals surface area contributed by atoms with E-state index in [4.69, 9.17) is 15.3 Å². The number of aliphatic carboxylic acids is 3. The van der Waals surface area contributed by atoms with Crippen LogP contribution in [0.4, 0.5) is 0 Å². The summed E-state index contributed by atoms with van der Waals surface area (Å²) in [5.41, 5.74) is 0. The molecule has 61 heavy (non-hydrogen) atoms. The largest absolute Gasteiger partial charge is 0.481 e. The molecule has 0 radical (unpaired) electrons. The van der Waals surface area contributed by atoms with Crippen molar-refractivity contribution in [2.75, 3.05) is 0 Å². The van der Waals surface area contributed by atoms with Crippen LogP contribution in [-0.4, -0.2) is 33.2 Å². The smallest absolute Gasteiger partial charge is 0.303 e. The van der Waals surface area contributed by atoms with Crippen LogP contribution in [0.1, 0.15) is 290 Å². The summed E-state index contributed by atoms with van der Waals surface area (Å²) < 4.78 is 0. The Bertz CT molecular complexity index is 827. The fourth-order valence-corrected chi connectivity index (χ4v) is 7.04. The maximum Gasteiger partial charge on any atom is 0.303 e. The van der Waals surface area contributed by atoms with Gasteiger partial charge < -0.3 is 15.3 Å². The van der Waals surface area contributed by atoms with Crippen molar-refractivity contribution < 1.29 is 46.8 Å². The fourth-order valence-electron chi connectivity index (χ4n) is 7.04. The third kappa shape index (κ3) is 75.9. The summed E-state index contributed by atoms with van der Waals surface area (Å²) in [6.45, 7) is 6.78. The number of hydrogen-bond acceptors (Lipinski definition) is 3. The summed E-state index contributed by atoms with van der Waals surface area (Å²) in [6.07, 6.45) is 63.7. The van der Waals surface area contributed by atoms with Gasteiger partial charge >= 0.3 is 17.9 Å². The molecule has 0 rings (SSSR count). The van der Waals surface area contributed by atoms with Gasteiger partial charge in [0.15, 0.2) is 0 Å². The number of carboxylic acids is 3. The minimum Gasteiger partial charge on any atom is -0.481 e. The predicted octanol–water partition coefficient (Wildman–Crippen LogP) is 18.3. The second-order valence-corrected chi connectivity index (χ2v) is 17.2. The average molecular weight is 903 g/mol. The van der Waals surface area contributed by atoms with E-state index in [1.165, 1.54) is 212 Å². The van der Waals surface area contributed by atoms with E-state index >= 15 is 0 Å². The summed E-state index contributed by atoms with van der Waals surface area (Å²) in [7, 11) is 0. The Morgan fingerprint density at radius 2 is 0.410 bits per heavy atom. The molecule has 0 unspecified atom stereocenters. The molecular weight excluding hydrogens is 800 g/mol. The van der Waals surface area contributed by atoms with Crippen LogP contribution in [0.3, 0.4) is 0 Å². The molecule has 0 aliphatic heterocycles. The van der Waals surface area contributed by atoms with Crippen molar-refractivity contribution in [1.29, 1.82) is 0 Å². The molecule has 0 aromatic carbocycles. The minimum atomic E-state index is -0.664. The standard InChI is InChI=1S/3C18H34O2.Fe/c3*1-2-3-4-5-6-7-8-9-10-11-12-13-14-15-16-17-18(19)20;/h3*9-10H,2-8,11-17H2,1H3,(H,19,20);/b3*10-9+;. The predicted molar refractivity (Wildman–Crippen MR) is 261 cm³/mol. The first-order valence-corrected chi connectivity index (χ1v) is 25.9. The molecule has 0 spiro atoms. The normalized spacial score (nSPS) is 11.1. The maximum absolute atomic E-state index is 10.3. The van der Waals surface area contributed by atoms with Crippen LogP contribution in [0.25, 0.3) is 0 Å². The summed E-state index contributed by atoms with van der Waals surface area (Å²) in [6, 6.07) is 0. The van der Waals surface area contributed by atoms with Gasteiger partial charge in [-0.15, -0.1) is 0 Å². The summed E-state index contributed by atoms with van der Waals surface area (Å²) in [4.78, 5) is 31.0. The zero-order chi connectivity index (χ0) is 44.7. The zero-order valence-electron chi connectivity index (χ0n) is 40.6. The van der Waals surface area contributed by atoms with Gasteiger partial charge in [0, 0.05) is 36.3 Å². The Balaban J connectivity index is -0.000000396. The quantitative estimate of drug-likeness (QED) is 0.0319. The third-order valence-electron chi connectivity index (χ3n) is 11.0. The summed E-state index contributed by atoms with van der Waals surface area (Å²) >= 11 is 0. The van der Waals surface area contributed by atoms with Crippen LogP contribution in [0.15, 0.2) is 36.5 Å². The van der Waals surface area contributed by atoms with Gasteiger partial charge in [0.05, 0.1) is 0 Å². The van der Waals surface area contributed by atoms with Crippen molar-refractivity contribution in [3.8, 4) is 0 Å². The first kappa shape index (κ1) is 65.8. The van der Waals surface area contributed by atoms with Crippen LogP contribution in [0.5, 0.6) is 0 Å². The van der Waals surface area contributed by atoms with Gasteiger partial charge in [-0.1, -0.05) is 211 Å². The topological polar surface area (TPSA) is 112 Å². The Hall–Kier alpha value is -1.85. The van der Waals surface area contributed by atoms with E-state index in [9.17, 15) is 14.4 Å². The third-order valence-corrected chi connectivity index (χ3v) is 11.0. The SMILES string of the molecule is CCCCCCCC/C=C/CCCCCCCC(=O)O.CCCCCCCC/C=C/CCCCCCCC(=O)O.CCCCCCCC/C=C/CCCCCCCC(=O)O.[Fe]. The number of hydrogen-bond donors (Lipinski definition) is 3. The Labute approximate surface area is 389 Å². The van der Waals surface area contributed by atoms with Crippen molar-refractivity contribution in [3.05, 3.63) is 36.5 Å². The molecule has 362 valence electrons. The summed E-state index contributed by atoms with van der Waals surface area (Å²) in [5.74, 6) is -1.99. The van der Waals surface area contributed by atoms with E-state index in [1.54, 1.807) is 0 Å². The molecule has 0 heterocycles. The second-order valence-electron chi connectivity index (χ2n) is 17.2. The number of carbonyl (C=O) groups is 3. The van der Waals surface area contributed by atoms with E-state index < -0.39 is 17.9 Å². The Morgan fingerprint density at radius 3 is 0.574 bits per heavy atom.